The van der Waals surface area contributed by atoms with Crippen LogP contribution in [0.15, 0.2) is 53.3 Å². The fourth-order valence-corrected chi connectivity index (χ4v) is 2.94. The van der Waals surface area contributed by atoms with E-state index in [4.69, 9.17) is 4.74 Å². The molecule has 0 radical (unpaired) electrons. The van der Waals surface area contributed by atoms with Crippen molar-refractivity contribution >= 4 is 22.5 Å². The van der Waals surface area contributed by atoms with Gasteiger partial charge in [0.25, 0.3) is 5.56 Å². The summed E-state index contributed by atoms with van der Waals surface area (Å²) < 4.78 is 9.08. The van der Waals surface area contributed by atoms with E-state index in [1.54, 1.807) is 37.4 Å². The average molecular weight is 348 g/mol. The van der Waals surface area contributed by atoms with E-state index in [2.05, 4.69) is 10.2 Å². The number of aromatic nitrogens is 4. The molecule has 7 nitrogen and oxygen atoms in total. The van der Waals surface area contributed by atoms with Crippen LogP contribution in [0, 0.1) is 0 Å². The molecule has 130 valence electrons. The minimum Gasteiger partial charge on any atom is -0.486 e. The number of benzene rings is 2. The number of ketones is 1. The Kier molecular flexibility index (Phi) is 3.76. The van der Waals surface area contributed by atoms with Gasteiger partial charge in [0, 0.05) is 12.6 Å². The van der Waals surface area contributed by atoms with Gasteiger partial charge in [-0.1, -0.05) is 24.3 Å². The number of para-hydroxylation sites is 1. The second kappa shape index (κ2) is 6.11. The number of Topliss-reactive ketones (excluding diaryl/α,β-unsaturated/α-hetero) is 1. The third kappa shape index (κ3) is 2.54. The van der Waals surface area contributed by atoms with E-state index < -0.39 is 0 Å². The quantitative estimate of drug-likeness (QED) is 0.529. The third-order valence-corrected chi connectivity index (χ3v) is 4.30. The molecule has 0 saturated carbocycles. The van der Waals surface area contributed by atoms with E-state index in [1.165, 1.54) is 11.5 Å². The minimum atomic E-state index is -0.123. The van der Waals surface area contributed by atoms with Gasteiger partial charge in [-0.25, -0.2) is 0 Å². The molecule has 0 aliphatic rings. The highest BCUT2D eigenvalue weighted by atomic mass is 16.5. The highest BCUT2D eigenvalue weighted by Crippen LogP contribution is 2.17. The molecule has 4 rings (SSSR count). The Labute approximate surface area is 148 Å². The lowest BCUT2D eigenvalue weighted by molar-refractivity contribution is 0.101. The molecule has 0 spiro atoms. The van der Waals surface area contributed by atoms with Crippen molar-refractivity contribution in [1.29, 1.82) is 0 Å². The minimum absolute atomic E-state index is 0.0237. The van der Waals surface area contributed by atoms with Gasteiger partial charge in [-0.3, -0.25) is 18.6 Å². The topological polar surface area (TPSA) is 78.5 Å². The molecule has 0 amide bonds. The zero-order valence-electron chi connectivity index (χ0n) is 14.3. The first kappa shape index (κ1) is 16.0. The highest BCUT2D eigenvalue weighted by Gasteiger charge is 2.14. The van der Waals surface area contributed by atoms with Crippen molar-refractivity contribution in [2.75, 3.05) is 0 Å². The van der Waals surface area contributed by atoms with Gasteiger partial charge in [0.05, 0.1) is 10.9 Å². The molecule has 0 atom stereocenters. The Bertz CT molecular complexity index is 1210. The number of aryl methyl sites for hydroxylation is 1. The Morgan fingerprint density at radius 3 is 2.73 bits per heavy atom. The number of ether oxygens (including phenoxy) is 1. The molecule has 4 aromatic rings. The van der Waals surface area contributed by atoms with Crippen LogP contribution in [0.4, 0.5) is 0 Å². The van der Waals surface area contributed by atoms with E-state index in [0.717, 1.165) is 5.52 Å². The van der Waals surface area contributed by atoms with Gasteiger partial charge in [-0.2, -0.15) is 0 Å². The van der Waals surface area contributed by atoms with Crippen LogP contribution in [0.25, 0.3) is 16.7 Å². The summed E-state index contributed by atoms with van der Waals surface area (Å²) in [5.41, 5.74) is 1.19. The van der Waals surface area contributed by atoms with Crippen LogP contribution in [0.5, 0.6) is 5.75 Å². The largest absolute Gasteiger partial charge is 0.486 e. The molecule has 26 heavy (non-hydrogen) atoms. The van der Waals surface area contributed by atoms with Crippen molar-refractivity contribution < 1.29 is 9.53 Å². The molecule has 2 aromatic carbocycles. The van der Waals surface area contributed by atoms with Gasteiger partial charge >= 0.3 is 0 Å². The van der Waals surface area contributed by atoms with Crippen molar-refractivity contribution in [3.63, 3.8) is 0 Å². The van der Waals surface area contributed by atoms with Crippen molar-refractivity contribution in [3.05, 3.63) is 70.3 Å². The van der Waals surface area contributed by atoms with Crippen molar-refractivity contribution in [2.24, 2.45) is 7.05 Å². The number of hydrogen-bond donors (Lipinski definition) is 0. The maximum atomic E-state index is 12.5. The Morgan fingerprint density at radius 2 is 1.92 bits per heavy atom. The Balaban J connectivity index is 1.77. The van der Waals surface area contributed by atoms with Gasteiger partial charge in [0.15, 0.2) is 11.6 Å². The summed E-state index contributed by atoms with van der Waals surface area (Å²) in [6.45, 7) is 1.67. The molecule has 0 saturated heterocycles. The van der Waals surface area contributed by atoms with E-state index in [0.29, 0.717) is 28.3 Å². The van der Waals surface area contributed by atoms with Crippen LogP contribution >= 0.6 is 0 Å². The maximum absolute atomic E-state index is 12.5. The summed E-state index contributed by atoms with van der Waals surface area (Å²) >= 11 is 0. The molecule has 2 heterocycles. The summed E-state index contributed by atoms with van der Waals surface area (Å²) in [4.78, 5) is 24.0. The Morgan fingerprint density at radius 1 is 1.12 bits per heavy atom. The van der Waals surface area contributed by atoms with Crippen LogP contribution in [0.2, 0.25) is 0 Å². The number of hydrogen-bond acceptors (Lipinski definition) is 5. The van der Waals surface area contributed by atoms with E-state index in [1.807, 2.05) is 22.6 Å². The number of rotatable bonds is 4. The lowest BCUT2D eigenvalue weighted by Gasteiger charge is -2.09. The smallest absolute Gasteiger partial charge is 0.262 e. The molecule has 0 aliphatic heterocycles. The van der Waals surface area contributed by atoms with E-state index in [9.17, 15) is 9.59 Å². The van der Waals surface area contributed by atoms with Gasteiger partial charge in [0.2, 0.25) is 5.78 Å². The van der Waals surface area contributed by atoms with Crippen LogP contribution < -0.4 is 10.3 Å². The van der Waals surface area contributed by atoms with Crippen LogP contribution in [0.3, 0.4) is 0 Å². The fourth-order valence-electron chi connectivity index (χ4n) is 2.94. The second-order valence-corrected chi connectivity index (χ2v) is 6.01. The van der Waals surface area contributed by atoms with Crippen molar-refractivity contribution in [2.45, 2.75) is 13.5 Å². The molecule has 0 fully saturated rings. The van der Waals surface area contributed by atoms with Gasteiger partial charge < -0.3 is 4.74 Å². The van der Waals surface area contributed by atoms with Gasteiger partial charge in [-0.15, -0.1) is 10.2 Å². The molecule has 0 aliphatic carbocycles. The summed E-state index contributed by atoms with van der Waals surface area (Å²) in [5.74, 6) is 1.57. The van der Waals surface area contributed by atoms with Crippen LogP contribution in [-0.2, 0) is 13.7 Å². The van der Waals surface area contributed by atoms with E-state index >= 15 is 0 Å². The van der Waals surface area contributed by atoms with Crippen LogP contribution in [-0.4, -0.2) is 24.9 Å². The van der Waals surface area contributed by atoms with Crippen LogP contribution in [0.1, 0.15) is 23.1 Å². The van der Waals surface area contributed by atoms with Crippen molar-refractivity contribution in [3.8, 4) is 5.75 Å². The van der Waals surface area contributed by atoms with Crippen molar-refractivity contribution in [1.82, 2.24) is 19.2 Å². The summed E-state index contributed by atoms with van der Waals surface area (Å²) in [6, 6.07) is 14.3. The Hall–Kier alpha value is -3.48. The van der Waals surface area contributed by atoms with Gasteiger partial charge in [0.1, 0.15) is 12.4 Å². The summed E-state index contributed by atoms with van der Waals surface area (Å²) in [5, 5.41) is 8.90. The van der Waals surface area contributed by atoms with Gasteiger partial charge in [-0.05, 0) is 31.2 Å². The molecule has 0 bridgehead atoms. The SMILES string of the molecule is CC(=O)c1cccc(OCc2nnc3n(C)c(=O)c4ccccc4n23)c1. The molecule has 7 heteroatoms. The maximum Gasteiger partial charge on any atom is 0.262 e. The first-order valence-corrected chi connectivity index (χ1v) is 8.12. The lowest BCUT2D eigenvalue weighted by Crippen LogP contribution is -2.20. The number of fused-ring (bicyclic) bond motifs is 3. The third-order valence-electron chi connectivity index (χ3n) is 4.30. The van der Waals surface area contributed by atoms with E-state index in [-0.39, 0.29) is 17.9 Å². The molecular weight excluding hydrogens is 332 g/mol. The molecular formula is C19H16N4O3. The number of nitrogens with zero attached hydrogens (tertiary/aromatic N) is 4. The average Bonchev–Trinajstić information content (AvgIpc) is 3.09. The molecule has 0 unspecified atom stereocenters. The zero-order valence-corrected chi connectivity index (χ0v) is 14.3. The highest BCUT2D eigenvalue weighted by molar-refractivity contribution is 5.94. The predicted molar refractivity (Wildman–Crippen MR) is 96.5 cm³/mol. The monoisotopic (exact) mass is 348 g/mol. The zero-order chi connectivity index (χ0) is 18.3. The summed E-state index contributed by atoms with van der Waals surface area (Å²) in [7, 11) is 1.67. The second-order valence-electron chi connectivity index (χ2n) is 6.01. The normalized spacial score (nSPS) is 11.2. The molecule has 0 N–H and O–H groups in total. The fraction of sp³-hybridized carbons (Fsp3) is 0.158. The predicted octanol–water partition coefficient (Wildman–Crippen LogP) is 2.36. The first-order chi connectivity index (χ1) is 12.6. The first-order valence-electron chi connectivity index (χ1n) is 8.12. The number of carbonyl (C=O) groups is 1. The lowest BCUT2D eigenvalue weighted by atomic mass is 10.1. The standard InChI is InChI=1S/C19H16N4O3/c1-12(24)13-6-5-7-14(10-13)26-11-17-20-21-19-22(2)18(25)15-8-3-4-9-16(15)23(17)19/h3-10H,11H2,1-2H3. The number of carbonyl (C=O) groups excluding carboxylic acids is 1. The molecule has 2 aromatic heterocycles. The summed E-state index contributed by atoms with van der Waals surface area (Å²) in [6.07, 6.45) is 0.